The Morgan fingerprint density at radius 2 is 1.81 bits per heavy atom. The first kappa shape index (κ1) is 15.9. The van der Waals surface area contributed by atoms with Gasteiger partial charge in [0.1, 0.15) is 0 Å². The minimum absolute atomic E-state index is 0.331. The van der Waals surface area contributed by atoms with Crippen LogP contribution in [0.3, 0.4) is 0 Å². The quantitative estimate of drug-likeness (QED) is 0.451. The fraction of sp³-hybridized carbons (Fsp3) is 0.857. The average molecular weight is 242 g/mol. The summed E-state index contributed by atoms with van der Waals surface area (Å²) in [5, 5.41) is 0.331. The topological polar surface area (TPSA) is 9.23 Å². The third-order valence-electron chi connectivity index (χ3n) is 3.74. The molecule has 0 rings (SSSR count). The van der Waals surface area contributed by atoms with Gasteiger partial charge in [-0.1, -0.05) is 33.8 Å². The molecule has 0 fully saturated rings. The molecule has 0 radical (unpaired) electrons. The maximum atomic E-state index is 6.16. The van der Waals surface area contributed by atoms with E-state index in [2.05, 4.69) is 47.4 Å². The van der Waals surface area contributed by atoms with E-state index in [-0.39, 0.29) is 0 Å². The van der Waals surface area contributed by atoms with E-state index >= 15 is 0 Å². The minimum Gasteiger partial charge on any atom is -0.417 e. The lowest BCUT2D eigenvalue weighted by Gasteiger charge is -2.36. The van der Waals surface area contributed by atoms with Crippen molar-refractivity contribution in [3.63, 3.8) is 0 Å². The van der Waals surface area contributed by atoms with Gasteiger partial charge in [-0.2, -0.15) is 0 Å². The summed E-state index contributed by atoms with van der Waals surface area (Å²) in [5.41, 5.74) is 0. The molecule has 96 valence electrons. The Balaban J connectivity index is 3.85. The van der Waals surface area contributed by atoms with Gasteiger partial charge in [-0.25, -0.2) is 0 Å². The van der Waals surface area contributed by atoms with Crippen LogP contribution in [0.15, 0.2) is 12.7 Å². The zero-order valence-corrected chi connectivity index (χ0v) is 13.1. The van der Waals surface area contributed by atoms with Gasteiger partial charge in [0.2, 0.25) is 0 Å². The van der Waals surface area contributed by atoms with Gasteiger partial charge < -0.3 is 4.43 Å². The van der Waals surface area contributed by atoms with E-state index in [1.165, 1.54) is 12.8 Å². The van der Waals surface area contributed by atoms with Crippen LogP contribution in [0.4, 0.5) is 0 Å². The van der Waals surface area contributed by atoms with Crippen molar-refractivity contribution in [2.45, 2.75) is 65.1 Å². The van der Waals surface area contributed by atoms with Crippen molar-refractivity contribution in [3.05, 3.63) is 12.7 Å². The molecule has 1 atom stereocenters. The van der Waals surface area contributed by atoms with Crippen LogP contribution in [-0.4, -0.2) is 14.9 Å². The van der Waals surface area contributed by atoms with Crippen molar-refractivity contribution in [1.29, 1.82) is 0 Å². The summed E-state index contributed by atoms with van der Waals surface area (Å²) < 4.78 is 6.16. The molecule has 0 aliphatic heterocycles. The van der Waals surface area contributed by atoms with Crippen molar-refractivity contribution in [2.75, 3.05) is 6.61 Å². The molecule has 0 N–H and O–H groups in total. The molecule has 0 saturated carbocycles. The molecule has 2 heteroatoms. The van der Waals surface area contributed by atoms with Gasteiger partial charge in [0.05, 0.1) is 0 Å². The standard InChI is InChI=1S/C14H30OSi/c1-8-9-10-13(2)11-12-15-16(6,7)14(3,4)5/h8,13H,1,9-12H2,2-7H3/t13-/m0/s1. The van der Waals surface area contributed by atoms with Gasteiger partial charge >= 0.3 is 0 Å². The van der Waals surface area contributed by atoms with Gasteiger partial charge in [-0.3, -0.25) is 0 Å². The highest BCUT2D eigenvalue weighted by Gasteiger charge is 2.36. The molecule has 0 unspecified atom stereocenters. The fourth-order valence-corrected chi connectivity index (χ4v) is 2.34. The normalized spacial score (nSPS) is 14.9. The molecule has 0 bridgehead atoms. The van der Waals surface area contributed by atoms with Crippen LogP contribution in [0.2, 0.25) is 18.1 Å². The summed E-state index contributed by atoms with van der Waals surface area (Å²) in [7, 11) is -1.52. The second kappa shape index (κ2) is 6.60. The highest BCUT2D eigenvalue weighted by molar-refractivity contribution is 6.74. The largest absolute Gasteiger partial charge is 0.417 e. The fourth-order valence-electron chi connectivity index (χ4n) is 1.28. The van der Waals surface area contributed by atoms with Crippen LogP contribution in [0.25, 0.3) is 0 Å². The molecule has 0 amide bonds. The van der Waals surface area contributed by atoms with Crippen molar-refractivity contribution in [3.8, 4) is 0 Å². The predicted molar refractivity (Wildman–Crippen MR) is 76.4 cm³/mol. The zero-order valence-electron chi connectivity index (χ0n) is 12.1. The summed E-state index contributed by atoms with van der Waals surface area (Å²) in [6.45, 7) is 18.5. The predicted octanol–water partition coefficient (Wildman–Crippen LogP) is 5.00. The summed E-state index contributed by atoms with van der Waals surface area (Å²) in [6.07, 6.45) is 5.55. The number of hydrogen-bond acceptors (Lipinski definition) is 1. The van der Waals surface area contributed by atoms with E-state index in [0.717, 1.165) is 18.9 Å². The first-order valence-electron chi connectivity index (χ1n) is 6.45. The summed E-state index contributed by atoms with van der Waals surface area (Å²) in [4.78, 5) is 0. The molecule has 0 aromatic heterocycles. The highest BCUT2D eigenvalue weighted by Crippen LogP contribution is 2.36. The Bertz CT molecular complexity index is 203. The van der Waals surface area contributed by atoms with Gasteiger partial charge in [-0.15, -0.1) is 6.58 Å². The van der Waals surface area contributed by atoms with E-state index in [0.29, 0.717) is 5.04 Å². The average Bonchev–Trinajstić information content (AvgIpc) is 2.12. The van der Waals surface area contributed by atoms with E-state index in [1.807, 2.05) is 6.08 Å². The van der Waals surface area contributed by atoms with Crippen LogP contribution >= 0.6 is 0 Å². The second-order valence-electron chi connectivity index (χ2n) is 6.37. The van der Waals surface area contributed by atoms with Gasteiger partial charge in [0, 0.05) is 6.61 Å². The third kappa shape index (κ3) is 5.85. The molecule has 1 nitrogen and oxygen atoms in total. The number of rotatable bonds is 7. The van der Waals surface area contributed by atoms with Crippen molar-refractivity contribution in [2.24, 2.45) is 5.92 Å². The maximum Gasteiger partial charge on any atom is 0.191 e. The van der Waals surface area contributed by atoms with Crippen LogP contribution in [0.1, 0.15) is 47.0 Å². The van der Waals surface area contributed by atoms with Crippen molar-refractivity contribution >= 4 is 8.32 Å². The molecule has 0 aliphatic rings. The van der Waals surface area contributed by atoms with Crippen LogP contribution in [0.5, 0.6) is 0 Å². The monoisotopic (exact) mass is 242 g/mol. The number of allylic oxidation sites excluding steroid dienone is 1. The summed E-state index contributed by atoms with van der Waals surface area (Å²) in [6, 6.07) is 0. The second-order valence-corrected chi connectivity index (χ2v) is 11.2. The first-order chi connectivity index (χ1) is 7.20. The lowest BCUT2D eigenvalue weighted by atomic mass is 10.0. The summed E-state index contributed by atoms with van der Waals surface area (Å²) >= 11 is 0. The van der Waals surface area contributed by atoms with Crippen LogP contribution in [-0.2, 0) is 4.43 Å². The van der Waals surface area contributed by atoms with E-state index in [1.54, 1.807) is 0 Å². The van der Waals surface area contributed by atoms with Crippen molar-refractivity contribution in [1.82, 2.24) is 0 Å². The molecular weight excluding hydrogens is 212 g/mol. The van der Waals surface area contributed by atoms with Gasteiger partial charge in [-0.05, 0) is 43.3 Å². The summed E-state index contributed by atoms with van der Waals surface area (Å²) in [5.74, 6) is 0.753. The molecule has 0 aromatic carbocycles. The Morgan fingerprint density at radius 3 is 2.25 bits per heavy atom. The molecule has 16 heavy (non-hydrogen) atoms. The minimum atomic E-state index is -1.52. The van der Waals surface area contributed by atoms with Gasteiger partial charge in [0.15, 0.2) is 8.32 Å². The number of hydrogen-bond donors (Lipinski definition) is 0. The van der Waals surface area contributed by atoms with E-state index in [9.17, 15) is 0 Å². The Kier molecular flexibility index (Phi) is 6.57. The third-order valence-corrected chi connectivity index (χ3v) is 8.28. The molecule has 0 aliphatic carbocycles. The van der Waals surface area contributed by atoms with Crippen LogP contribution < -0.4 is 0 Å². The highest BCUT2D eigenvalue weighted by atomic mass is 28.4. The lowest BCUT2D eigenvalue weighted by Crippen LogP contribution is -2.41. The molecular formula is C14H30OSi. The van der Waals surface area contributed by atoms with Gasteiger partial charge in [0.25, 0.3) is 0 Å². The molecule has 0 aromatic rings. The zero-order chi connectivity index (χ0) is 12.8. The van der Waals surface area contributed by atoms with E-state index in [4.69, 9.17) is 4.43 Å². The Hall–Kier alpha value is -0.0831. The Labute approximate surface area is 103 Å². The first-order valence-corrected chi connectivity index (χ1v) is 9.36. The smallest absolute Gasteiger partial charge is 0.191 e. The maximum absolute atomic E-state index is 6.16. The molecule has 0 spiro atoms. The lowest BCUT2D eigenvalue weighted by molar-refractivity contribution is 0.257. The molecule has 0 saturated heterocycles. The SMILES string of the molecule is C=CCC[C@H](C)CCO[Si](C)(C)C(C)(C)C. The molecule has 0 heterocycles. The van der Waals surface area contributed by atoms with Crippen LogP contribution in [0, 0.1) is 5.92 Å². The van der Waals surface area contributed by atoms with Crippen molar-refractivity contribution < 1.29 is 4.43 Å². The Morgan fingerprint density at radius 1 is 1.25 bits per heavy atom. The van der Waals surface area contributed by atoms with E-state index < -0.39 is 8.32 Å².